The van der Waals surface area contributed by atoms with Gasteiger partial charge in [0.2, 0.25) is 0 Å². The maximum absolute atomic E-state index is 5.82. The van der Waals surface area contributed by atoms with E-state index >= 15 is 0 Å². The van der Waals surface area contributed by atoms with Gasteiger partial charge in [-0.25, -0.2) is 0 Å². The average molecular weight is 337 g/mol. The van der Waals surface area contributed by atoms with Gasteiger partial charge in [0.15, 0.2) is 0 Å². The summed E-state index contributed by atoms with van der Waals surface area (Å²) in [4.78, 5) is 2.60. The first-order valence-electron chi connectivity index (χ1n) is 7.69. The first-order valence-corrected chi connectivity index (χ1v) is 8.49. The van der Waals surface area contributed by atoms with Crippen LogP contribution in [0, 0.1) is 5.92 Å². The normalized spacial score (nSPS) is 31.1. The van der Waals surface area contributed by atoms with Crippen molar-refractivity contribution in [2.75, 3.05) is 26.2 Å². The van der Waals surface area contributed by atoms with Gasteiger partial charge in [0.25, 0.3) is 0 Å². The van der Waals surface area contributed by atoms with E-state index in [1.54, 1.807) is 0 Å². The molecule has 1 N–H and O–H groups in total. The van der Waals surface area contributed by atoms with Gasteiger partial charge in [-0.05, 0) is 49.5 Å². The molecule has 3 atom stereocenters. The quantitative estimate of drug-likeness (QED) is 0.918. The Labute approximate surface area is 128 Å². The van der Waals surface area contributed by atoms with E-state index in [0.29, 0.717) is 6.04 Å². The SMILES string of the molecule is Brc1cc2c(c(CNC3CCN4CCC3C4)c1)OCC2. The summed E-state index contributed by atoms with van der Waals surface area (Å²) in [5.74, 6) is 1.98. The maximum Gasteiger partial charge on any atom is 0.127 e. The summed E-state index contributed by atoms with van der Waals surface area (Å²) in [7, 11) is 0. The van der Waals surface area contributed by atoms with Crippen molar-refractivity contribution in [2.24, 2.45) is 5.92 Å². The van der Waals surface area contributed by atoms with Crippen LogP contribution in [-0.4, -0.2) is 37.2 Å². The molecule has 2 fully saturated rings. The zero-order chi connectivity index (χ0) is 13.5. The smallest absolute Gasteiger partial charge is 0.127 e. The van der Waals surface area contributed by atoms with Crippen LogP contribution in [0.1, 0.15) is 24.0 Å². The largest absolute Gasteiger partial charge is 0.493 e. The first-order chi connectivity index (χ1) is 9.79. The molecule has 2 saturated heterocycles. The molecule has 0 saturated carbocycles. The van der Waals surface area contributed by atoms with Crippen LogP contribution in [0.25, 0.3) is 0 Å². The van der Waals surface area contributed by atoms with E-state index in [1.165, 1.54) is 48.1 Å². The number of hydrogen-bond donors (Lipinski definition) is 1. The molecule has 3 unspecified atom stereocenters. The summed E-state index contributed by atoms with van der Waals surface area (Å²) >= 11 is 3.62. The molecule has 4 rings (SSSR count). The highest BCUT2D eigenvalue weighted by Gasteiger charge is 2.34. The Morgan fingerprint density at radius 2 is 2.20 bits per heavy atom. The molecule has 4 heteroatoms. The van der Waals surface area contributed by atoms with Crippen molar-refractivity contribution < 1.29 is 4.74 Å². The van der Waals surface area contributed by atoms with E-state index in [2.05, 4.69) is 38.3 Å². The number of halogens is 1. The molecule has 1 aromatic carbocycles. The molecule has 0 radical (unpaired) electrons. The number of ether oxygens (including phenoxy) is 1. The summed E-state index contributed by atoms with van der Waals surface area (Å²) in [6, 6.07) is 5.09. The van der Waals surface area contributed by atoms with Crippen LogP contribution < -0.4 is 10.1 Å². The molecule has 108 valence electrons. The topological polar surface area (TPSA) is 24.5 Å². The van der Waals surface area contributed by atoms with Crippen LogP contribution in [0.3, 0.4) is 0 Å². The van der Waals surface area contributed by atoms with E-state index in [1.807, 2.05) is 0 Å². The highest BCUT2D eigenvalue weighted by atomic mass is 79.9. The summed E-state index contributed by atoms with van der Waals surface area (Å²) in [6.45, 7) is 5.63. The highest BCUT2D eigenvalue weighted by Crippen LogP contribution is 2.33. The van der Waals surface area contributed by atoms with Crippen LogP contribution in [-0.2, 0) is 13.0 Å². The summed E-state index contributed by atoms with van der Waals surface area (Å²) in [6.07, 6.45) is 3.70. The molecule has 0 spiro atoms. The van der Waals surface area contributed by atoms with Gasteiger partial charge in [0.05, 0.1) is 6.61 Å². The third-order valence-electron chi connectivity index (χ3n) is 5.01. The van der Waals surface area contributed by atoms with Crippen molar-refractivity contribution in [2.45, 2.75) is 31.8 Å². The molecule has 0 aromatic heterocycles. The fraction of sp³-hybridized carbons (Fsp3) is 0.625. The third kappa shape index (κ3) is 2.38. The number of piperidine rings is 1. The number of hydrogen-bond acceptors (Lipinski definition) is 3. The summed E-state index contributed by atoms with van der Waals surface area (Å²) in [5.41, 5.74) is 2.67. The van der Waals surface area contributed by atoms with Crippen molar-refractivity contribution in [3.8, 4) is 5.75 Å². The lowest BCUT2D eigenvalue weighted by Gasteiger charge is -2.31. The summed E-state index contributed by atoms with van der Waals surface area (Å²) < 4.78 is 6.99. The van der Waals surface area contributed by atoms with Crippen LogP contribution >= 0.6 is 15.9 Å². The maximum atomic E-state index is 5.82. The molecule has 3 nitrogen and oxygen atoms in total. The Hall–Kier alpha value is -0.580. The Balaban J connectivity index is 1.47. The Bertz CT molecular complexity index is 519. The average Bonchev–Trinajstić information content (AvgIpc) is 3.05. The minimum absolute atomic E-state index is 0.685. The van der Waals surface area contributed by atoms with Gasteiger partial charge in [0, 0.05) is 35.6 Å². The minimum atomic E-state index is 0.685. The first kappa shape index (κ1) is 13.1. The van der Waals surface area contributed by atoms with E-state index in [4.69, 9.17) is 4.74 Å². The standard InChI is InChI=1S/C16H21BrN2O/c17-14-7-11-3-6-20-16(11)13(8-14)9-18-15-2-5-19-4-1-12(15)10-19/h7-8,12,15,18H,1-6,9-10H2. The van der Waals surface area contributed by atoms with Gasteiger partial charge >= 0.3 is 0 Å². The van der Waals surface area contributed by atoms with Gasteiger partial charge in [-0.3, -0.25) is 0 Å². The van der Waals surface area contributed by atoms with Crippen molar-refractivity contribution in [3.63, 3.8) is 0 Å². The van der Waals surface area contributed by atoms with Gasteiger partial charge in [0.1, 0.15) is 5.75 Å². The number of nitrogens with zero attached hydrogens (tertiary/aromatic N) is 1. The van der Waals surface area contributed by atoms with Crippen LogP contribution in [0.5, 0.6) is 5.75 Å². The lowest BCUT2D eigenvalue weighted by molar-refractivity contribution is 0.220. The molecule has 0 amide bonds. The molecule has 0 aliphatic carbocycles. The molecule has 2 bridgehead atoms. The van der Waals surface area contributed by atoms with Gasteiger partial charge in [-0.15, -0.1) is 0 Å². The predicted octanol–water partition coefficient (Wildman–Crippen LogP) is 2.57. The van der Waals surface area contributed by atoms with Gasteiger partial charge in [-0.1, -0.05) is 15.9 Å². The molecular formula is C16H21BrN2O. The minimum Gasteiger partial charge on any atom is -0.493 e. The Morgan fingerprint density at radius 1 is 1.30 bits per heavy atom. The van der Waals surface area contributed by atoms with Crippen molar-refractivity contribution in [3.05, 3.63) is 27.7 Å². The van der Waals surface area contributed by atoms with Crippen molar-refractivity contribution >= 4 is 15.9 Å². The second kappa shape index (κ2) is 5.32. The lowest BCUT2D eigenvalue weighted by Crippen LogP contribution is -2.43. The van der Waals surface area contributed by atoms with Crippen LogP contribution in [0.15, 0.2) is 16.6 Å². The second-order valence-corrected chi connectivity index (χ2v) is 7.19. The number of fused-ring (bicyclic) bond motifs is 3. The monoisotopic (exact) mass is 336 g/mol. The second-order valence-electron chi connectivity index (χ2n) is 6.28. The molecule has 1 aromatic rings. The molecule has 3 aliphatic heterocycles. The number of nitrogens with one attached hydrogen (secondary N) is 1. The Morgan fingerprint density at radius 3 is 3.15 bits per heavy atom. The number of benzene rings is 1. The fourth-order valence-corrected chi connectivity index (χ4v) is 4.49. The lowest BCUT2D eigenvalue weighted by atomic mass is 9.94. The van der Waals surface area contributed by atoms with E-state index in [-0.39, 0.29) is 0 Å². The van der Waals surface area contributed by atoms with Gasteiger partial charge < -0.3 is 15.0 Å². The third-order valence-corrected chi connectivity index (χ3v) is 5.47. The zero-order valence-electron chi connectivity index (χ0n) is 11.7. The van der Waals surface area contributed by atoms with Gasteiger partial charge in [-0.2, -0.15) is 0 Å². The molecule has 20 heavy (non-hydrogen) atoms. The predicted molar refractivity (Wildman–Crippen MR) is 83.1 cm³/mol. The fourth-order valence-electron chi connectivity index (χ4n) is 3.94. The van der Waals surface area contributed by atoms with E-state index in [9.17, 15) is 0 Å². The summed E-state index contributed by atoms with van der Waals surface area (Å²) in [5, 5.41) is 3.80. The van der Waals surface area contributed by atoms with E-state index < -0.39 is 0 Å². The molecular weight excluding hydrogens is 316 g/mol. The molecule has 3 aliphatic rings. The van der Waals surface area contributed by atoms with E-state index in [0.717, 1.165) is 31.2 Å². The van der Waals surface area contributed by atoms with Crippen LogP contribution in [0.2, 0.25) is 0 Å². The highest BCUT2D eigenvalue weighted by molar-refractivity contribution is 9.10. The zero-order valence-corrected chi connectivity index (χ0v) is 13.3. The van der Waals surface area contributed by atoms with Crippen molar-refractivity contribution in [1.29, 1.82) is 0 Å². The molecule has 3 heterocycles. The van der Waals surface area contributed by atoms with Crippen molar-refractivity contribution in [1.82, 2.24) is 10.2 Å². The Kier molecular flexibility index (Phi) is 3.49. The number of rotatable bonds is 3. The van der Waals surface area contributed by atoms with Crippen LogP contribution in [0.4, 0.5) is 0 Å².